The van der Waals surface area contributed by atoms with Gasteiger partial charge >= 0.3 is 6.36 Å². The Hall–Kier alpha value is -2.48. The zero-order chi connectivity index (χ0) is 13.9. The predicted octanol–water partition coefficient (Wildman–Crippen LogP) is 4.12. The highest BCUT2D eigenvalue weighted by molar-refractivity contribution is 5.70. The Labute approximate surface area is 107 Å². The van der Waals surface area contributed by atoms with Crippen LogP contribution in [0.4, 0.5) is 13.2 Å². The van der Waals surface area contributed by atoms with Crippen LogP contribution in [0.3, 0.4) is 0 Å². The lowest BCUT2D eigenvalue weighted by molar-refractivity contribution is -0.274. The van der Waals surface area contributed by atoms with Gasteiger partial charge in [-0.1, -0.05) is 30.3 Å². The van der Waals surface area contributed by atoms with Crippen LogP contribution in [-0.4, -0.2) is 6.36 Å². The first-order valence-corrected chi connectivity index (χ1v) is 5.35. The second kappa shape index (κ2) is 5.02. The van der Waals surface area contributed by atoms with Gasteiger partial charge in [0.2, 0.25) is 0 Å². The van der Waals surface area contributed by atoms with Crippen LogP contribution in [-0.2, 0) is 0 Å². The van der Waals surface area contributed by atoms with E-state index >= 15 is 0 Å². The second-order valence-corrected chi connectivity index (χ2v) is 3.73. The summed E-state index contributed by atoms with van der Waals surface area (Å²) in [5, 5.41) is 8.96. The van der Waals surface area contributed by atoms with Gasteiger partial charge in [0.15, 0.2) is 0 Å². The number of hydrogen-bond acceptors (Lipinski definition) is 2. The molecule has 96 valence electrons. The summed E-state index contributed by atoms with van der Waals surface area (Å²) in [7, 11) is 0. The third kappa shape index (κ3) is 3.26. The van der Waals surface area contributed by atoms with Crippen LogP contribution >= 0.6 is 0 Å². The third-order valence-electron chi connectivity index (χ3n) is 2.45. The minimum Gasteiger partial charge on any atom is -0.406 e. The van der Waals surface area contributed by atoms with Gasteiger partial charge < -0.3 is 4.74 Å². The van der Waals surface area contributed by atoms with Crippen LogP contribution in [0.15, 0.2) is 48.5 Å². The summed E-state index contributed by atoms with van der Waals surface area (Å²) in [6.45, 7) is 0. The number of nitrogens with zero attached hydrogens (tertiary/aromatic N) is 1. The lowest BCUT2D eigenvalue weighted by Crippen LogP contribution is -2.16. The van der Waals surface area contributed by atoms with Crippen molar-refractivity contribution in [2.75, 3.05) is 0 Å². The first-order chi connectivity index (χ1) is 8.99. The number of hydrogen-bond donors (Lipinski definition) is 0. The summed E-state index contributed by atoms with van der Waals surface area (Å²) in [6, 6.07) is 14.3. The quantitative estimate of drug-likeness (QED) is 0.816. The molecule has 0 radical (unpaired) electrons. The number of benzene rings is 2. The zero-order valence-electron chi connectivity index (χ0n) is 9.61. The summed E-state index contributed by atoms with van der Waals surface area (Å²) < 4.78 is 39.8. The van der Waals surface area contributed by atoms with Gasteiger partial charge in [-0.3, -0.25) is 0 Å². The number of halogens is 3. The molecule has 0 amide bonds. The Morgan fingerprint density at radius 3 is 2.16 bits per heavy atom. The van der Waals surface area contributed by atoms with Gasteiger partial charge in [0.05, 0.1) is 11.6 Å². The highest BCUT2D eigenvalue weighted by Crippen LogP contribution is 2.27. The Bertz CT molecular complexity index is 612. The van der Waals surface area contributed by atoms with E-state index in [0.717, 1.165) is 0 Å². The van der Waals surface area contributed by atoms with Gasteiger partial charge in [-0.25, -0.2) is 0 Å². The standard InChI is InChI=1S/C14H8F3NO/c15-14(16,17)19-12-7-5-10(6-8-12)13-4-2-1-3-11(13)9-18/h1-8H. The monoisotopic (exact) mass is 263 g/mol. The van der Waals surface area contributed by atoms with Crippen molar-refractivity contribution in [3.8, 4) is 22.9 Å². The summed E-state index contributed by atoms with van der Waals surface area (Å²) in [5.41, 5.74) is 1.79. The van der Waals surface area contributed by atoms with Crippen LogP contribution < -0.4 is 4.74 Å². The van der Waals surface area contributed by atoms with E-state index in [1.54, 1.807) is 24.3 Å². The van der Waals surface area contributed by atoms with E-state index in [9.17, 15) is 13.2 Å². The normalized spacial score (nSPS) is 10.8. The van der Waals surface area contributed by atoms with Crippen LogP contribution in [0.1, 0.15) is 5.56 Å². The lowest BCUT2D eigenvalue weighted by atomic mass is 10.0. The Morgan fingerprint density at radius 2 is 1.58 bits per heavy atom. The SMILES string of the molecule is N#Cc1ccccc1-c1ccc(OC(F)(F)F)cc1. The van der Waals surface area contributed by atoms with E-state index < -0.39 is 6.36 Å². The van der Waals surface area contributed by atoms with Crippen molar-refractivity contribution in [2.45, 2.75) is 6.36 Å². The Kier molecular flexibility index (Phi) is 3.43. The molecule has 0 aliphatic heterocycles. The molecule has 19 heavy (non-hydrogen) atoms. The fourth-order valence-corrected chi connectivity index (χ4v) is 1.67. The maximum atomic E-state index is 12.0. The summed E-state index contributed by atoms with van der Waals surface area (Å²) in [6.07, 6.45) is -4.70. The second-order valence-electron chi connectivity index (χ2n) is 3.73. The summed E-state index contributed by atoms with van der Waals surface area (Å²) in [5.74, 6) is -0.286. The van der Waals surface area contributed by atoms with Crippen molar-refractivity contribution in [3.63, 3.8) is 0 Å². The van der Waals surface area contributed by atoms with E-state index in [2.05, 4.69) is 4.74 Å². The predicted molar refractivity (Wildman–Crippen MR) is 63.3 cm³/mol. The maximum absolute atomic E-state index is 12.0. The molecule has 5 heteroatoms. The molecular formula is C14H8F3NO. The van der Waals surface area contributed by atoms with E-state index in [1.807, 2.05) is 6.07 Å². The largest absolute Gasteiger partial charge is 0.573 e. The molecular weight excluding hydrogens is 255 g/mol. The topological polar surface area (TPSA) is 33.0 Å². The first kappa shape index (κ1) is 13.0. The van der Waals surface area contributed by atoms with Crippen LogP contribution in [0.2, 0.25) is 0 Å². The Morgan fingerprint density at radius 1 is 0.947 bits per heavy atom. The maximum Gasteiger partial charge on any atom is 0.573 e. The van der Waals surface area contributed by atoms with Crippen molar-refractivity contribution in [2.24, 2.45) is 0 Å². The van der Waals surface area contributed by atoms with E-state index in [1.165, 1.54) is 24.3 Å². The molecule has 0 aliphatic carbocycles. The minimum absolute atomic E-state index is 0.286. The summed E-state index contributed by atoms with van der Waals surface area (Å²) >= 11 is 0. The Balaban J connectivity index is 2.31. The number of nitriles is 1. The minimum atomic E-state index is -4.70. The molecule has 0 fully saturated rings. The van der Waals surface area contributed by atoms with Crippen molar-refractivity contribution in [1.29, 1.82) is 5.26 Å². The molecule has 0 aromatic heterocycles. The van der Waals surface area contributed by atoms with Crippen LogP contribution in [0, 0.1) is 11.3 Å². The molecule has 0 heterocycles. The molecule has 0 spiro atoms. The number of ether oxygens (including phenoxy) is 1. The smallest absolute Gasteiger partial charge is 0.406 e. The fraction of sp³-hybridized carbons (Fsp3) is 0.0714. The highest BCUT2D eigenvalue weighted by Gasteiger charge is 2.30. The van der Waals surface area contributed by atoms with E-state index in [-0.39, 0.29) is 5.75 Å². The van der Waals surface area contributed by atoms with Crippen molar-refractivity contribution in [3.05, 3.63) is 54.1 Å². The summed E-state index contributed by atoms with van der Waals surface area (Å²) in [4.78, 5) is 0. The molecule has 2 aromatic carbocycles. The van der Waals surface area contributed by atoms with Gasteiger partial charge in [0.1, 0.15) is 5.75 Å². The molecule has 2 aromatic rings. The molecule has 0 atom stereocenters. The molecule has 2 rings (SSSR count). The van der Waals surface area contributed by atoms with Gasteiger partial charge in [-0.15, -0.1) is 13.2 Å². The lowest BCUT2D eigenvalue weighted by Gasteiger charge is -2.09. The van der Waals surface area contributed by atoms with Gasteiger partial charge in [0.25, 0.3) is 0 Å². The zero-order valence-corrected chi connectivity index (χ0v) is 9.61. The first-order valence-electron chi connectivity index (χ1n) is 5.35. The molecule has 0 aliphatic rings. The molecule has 2 nitrogen and oxygen atoms in total. The number of alkyl halides is 3. The van der Waals surface area contributed by atoms with Crippen molar-refractivity contribution in [1.82, 2.24) is 0 Å². The molecule has 0 N–H and O–H groups in total. The fourth-order valence-electron chi connectivity index (χ4n) is 1.67. The average Bonchev–Trinajstić information content (AvgIpc) is 2.38. The van der Waals surface area contributed by atoms with E-state index in [4.69, 9.17) is 5.26 Å². The average molecular weight is 263 g/mol. The van der Waals surface area contributed by atoms with E-state index in [0.29, 0.717) is 16.7 Å². The number of rotatable bonds is 2. The van der Waals surface area contributed by atoms with Gasteiger partial charge in [-0.2, -0.15) is 5.26 Å². The molecule has 0 saturated heterocycles. The van der Waals surface area contributed by atoms with Gasteiger partial charge in [-0.05, 0) is 29.3 Å². The van der Waals surface area contributed by atoms with Crippen molar-refractivity contribution < 1.29 is 17.9 Å². The molecule has 0 bridgehead atoms. The molecule has 0 saturated carbocycles. The van der Waals surface area contributed by atoms with Crippen LogP contribution in [0.25, 0.3) is 11.1 Å². The van der Waals surface area contributed by atoms with Crippen molar-refractivity contribution >= 4 is 0 Å². The van der Waals surface area contributed by atoms with Crippen LogP contribution in [0.5, 0.6) is 5.75 Å². The third-order valence-corrected chi connectivity index (χ3v) is 2.45. The molecule has 0 unspecified atom stereocenters. The highest BCUT2D eigenvalue weighted by atomic mass is 19.4. The van der Waals surface area contributed by atoms with Gasteiger partial charge in [0, 0.05) is 0 Å².